The Bertz CT molecular complexity index is 740. The van der Waals surface area contributed by atoms with Gasteiger partial charge >= 0.3 is 11.9 Å². The Labute approximate surface area is 338 Å². The summed E-state index contributed by atoms with van der Waals surface area (Å²) in [5.74, 6) is -0.567. The molecule has 0 saturated heterocycles. The van der Waals surface area contributed by atoms with Gasteiger partial charge in [0.1, 0.15) is 6.61 Å². The Balaban J connectivity index is 3.43. The SMILES string of the molecule is CCCCCCCCCCCCCCCCCCCCCCCC(=O)OC[C@H](CO)OC(=O)CCCCCCCCCCCCCCCCCCCCC. The summed E-state index contributed by atoms with van der Waals surface area (Å²) in [6.45, 7) is 4.20. The van der Waals surface area contributed by atoms with Gasteiger partial charge in [-0.15, -0.1) is 0 Å². The van der Waals surface area contributed by atoms with Crippen LogP contribution in [-0.4, -0.2) is 36.4 Å². The molecule has 0 rings (SSSR count). The van der Waals surface area contributed by atoms with Crippen LogP contribution in [-0.2, 0) is 19.1 Å². The fourth-order valence-corrected chi connectivity index (χ4v) is 7.68. The lowest BCUT2D eigenvalue weighted by Gasteiger charge is -2.15. The third kappa shape index (κ3) is 43.6. The number of carbonyl (C=O) groups is 2. The lowest BCUT2D eigenvalue weighted by molar-refractivity contribution is -0.161. The summed E-state index contributed by atoms with van der Waals surface area (Å²) < 4.78 is 10.7. The molecule has 1 atom stereocenters. The number of hydrogen-bond acceptors (Lipinski definition) is 5. The van der Waals surface area contributed by atoms with Crippen LogP contribution in [0.2, 0.25) is 0 Å². The van der Waals surface area contributed by atoms with Crippen molar-refractivity contribution < 1.29 is 24.2 Å². The Morgan fingerprint density at radius 2 is 0.574 bits per heavy atom. The standard InChI is InChI=1S/C49H96O5/c1-3-5-7-9-11-13-15-17-19-21-23-24-26-27-29-31-33-35-37-39-41-43-48(51)53-46-47(45-50)54-49(52)44-42-40-38-36-34-32-30-28-25-22-20-18-16-14-12-10-8-6-4-2/h47,50H,3-46H2,1-2H3/t47-/m0/s1. The van der Waals surface area contributed by atoms with Crippen molar-refractivity contribution in [3.63, 3.8) is 0 Å². The summed E-state index contributed by atoms with van der Waals surface area (Å²) in [7, 11) is 0. The van der Waals surface area contributed by atoms with E-state index < -0.39 is 6.10 Å². The van der Waals surface area contributed by atoms with Crippen LogP contribution in [0.1, 0.15) is 284 Å². The van der Waals surface area contributed by atoms with E-state index in [4.69, 9.17) is 9.47 Å². The van der Waals surface area contributed by atoms with E-state index >= 15 is 0 Å². The fraction of sp³-hybridized carbons (Fsp3) is 0.959. The van der Waals surface area contributed by atoms with Gasteiger partial charge in [-0.1, -0.05) is 258 Å². The molecule has 0 fully saturated rings. The molecule has 5 nitrogen and oxygen atoms in total. The van der Waals surface area contributed by atoms with E-state index in [0.29, 0.717) is 12.8 Å². The summed E-state index contributed by atoms with van der Waals surface area (Å²) in [6.07, 6.45) is 53.3. The van der Waals surface area contributed by atoms with Crippen molar-refractivity contribution in [1.82, 2.24) is 0 Å². The Hall–Kier alpha value is -1.10. The summed E-state index contributed by atoms with van der Waals surface area (Å²) in [6, 6.07) is 0. The topological polar surface area (TPSA) is 72.8 Å². The van der Waals surface area contributed by atoms with Gasteiger partial charge in [0.05, 0.1) is 6.61 Å². The van der Waals surface area contributed by atoms with Gasteiger partial charge in [-0.05, 0) is 12.8 Å². The van der Waals surface area contributed by atoms with Crippen LogP contribution in [0.4, 0.5) is 0 Å². The minimum atomic E-state index is -0.763. The van der Waals surface area contributed by atoms with Crippen molar-refractivity contribution in [1.29, 1.82) is 0 Å². The third-order valence-corrected chi connectivity index (χ3v) is 11.4. The fourth-order valence-electron chi connectivity index (χ4n) is 7.68. The van der Waals surface area contributed by atoms with Gasteiger partial charge in [0.2, 0.25) is 0 Å². The molecule has 0 aliphatic heterocycles. The first-order chi connectivity index (χ1) is 26.6. The first-order valence-electron chi connectivity index (χ1n) is 24.6. The van der Waals surface area contributed by atoms with E-state index in [1.807, 2.05) is 0 Å². The highest BCUT2D eigenvalue weighted by atomic mass is 16.6. The molecule has 0 aliphatic carbocycles. The number of ether oxygens (including phenoxy) is 2. The van der Waals surface area contributed by atoms with E-state index in [0.717, 1.165) is 32.1 Å². The highest BCUT2D eigenvalue weighted by Crippen LogP contribution is 2.17. The summed E-state index contributed by atoms with van der Waals surface area (Å²) in [5.41, 5.74) is 0. The van der Waals surface area contributed by atoms with E-state index in [9.17, 15) is 14.7 Å². The first kappa shape index (κ1) is 52.9. The lowest BCUT2D eigenvalue weighted by Crippen LogP contribution is -2.28. The Kier molecular flexibility index (Phi) is 45.3. The minimum Gasteiger partial charge on any atom is -0.462 e. The molecule has 0 aromatic heterocycles. The molecule has 0 amide bonds. The zero-order chi connectivity index (χ0) is 39.3. The van der Waals surface area contributed by atoms with E-state index in [2.05, 4.69) is 13.8 Å². The molecular weight excluding hydrogens is 669 g/mol. The number of rotatable bonds is 46. The average Bonchev–Trinajstić information content (AvgIpc) is 3.17. The number of hydrogen-bond donors (Lipinski definition) is 1. The van der Waals surface area contributed by atoms with Crippen molar-refractivity contribution in [3.05, 3.63) is 0 Å². The van der Waals surface area contributed by atoms with Crippen molar-refractivity contribution in [3.8, 4) is 0 Å². The van der Waals surface area contributed by atoms with Crippen LogP contribution < -0.4 is 0 Å². The molecule has 0 aliphatic rings. The molecule has 54 heavy (non-hydrogen) atoms. The molecule has 0 unspecified atom stereocenters. The number of aliphatic hydroxyl groups is 1. The second kappa shape index (κ2) is 46.3. The van der Waals surface area contributed by atoms with Gasteiger partial charge in [-0.25, -0.2) is 0 Å². The third-order valence-electron chi connectivity index (χ3n) is 11.4. The molecule has 322 valence electrons. The van der Waals surface area contributed by atoms with E-state index in [1.165, 1.54) is 225 Å². The van der Waals surface area contributed by atoms with Crippen LogP contribution in [0, 0.1) is 0 Å². The van der Waals surface area contributed by atoms with Gasteiger partial charge in [-0.2, -0.15) is 0 Å². The second-order valence-corrected chi connectivity index (χ2v) is 16.9. The van der Waals surface area contributed by atoms with Crippen LogP contribution in [0.3, 0.4) is 0 Å². The van der Waals surface area contributed by atoms with Crippen molar-refractivity contribution in [2.24, 2.45) is 0 Å². The molecule has 0 bridgehead atoms. The second-order valence-electron chi connectivity index (χ2n) is 16.9. The average molecular weight is 765 g/mol. The zero-order valence-corrected chi connectivity index (χ0v) is 36.8. The number of aliphatic hydroxyl groups excluding tert-OH is 1. The highest BCUT2D eigenvalue weighted by Gasteiger charge is 2.16. The van der Waals surface area contributed by atoms with Gasteiger partial charge in [0.25, 0.3) is 0 Å². The molecule has 5 heteroatoms. The molecule has 0 aromatic carbocycles. The van der Waals surface area contributed by atoms with Crippen LogP contribution in [0.15, 0.2) is 0 Å². The quantitative estimate of drug-likeness (QED) is 0.0494. The molecule has 0 heterocycles. The molecule has 0 aromatic rings. The maximum Gasteiger partial charge on any atom is 0.306 e. The van der Waals surface area contributed by atoms with Crippen LogP contribution >= 0.6 is 0 Å². The minimum absolute atomic E-state index is 0.0560. The van der Waals surface area contributed by atoms with Gasteiger partial charge in [0.15, 0.2) is 6.10 Å². The van der Waals surface area contributed by atoms with Crippen LogP contribution in [0.25, 0.3) is 0 Å². The molecule has 0 radical (unpaired) electrons. The monoisotopic (exact) mass is 765 g/mol. The van der Waals surface area contributed by atoms with Crippen molar-refractivity contribution in [2.75, 3.05) is 13.2 Å². The molecule has 0 saturated carbocycles. The molecular formula is C49H96O5. The summed E-state index contributed by atoms with van der Waals surface area (Å²) in [4.78, 5) is 24.4. The highest BCUT2D eigenvalue weighted by molar-refractivity contribution is 5.70. The van der Waals surface area contributed by atoms with Gasteiger partial charge in [-0.3, -0.25) is 9.59 Å². The first-order valence-corrected chi connectivity index (χ1v) is 24.6. The largest absolute Gasteiger partial charge is 0.462 e. The predicted octanol–water partition coefficient (Wildman–Crippen LogP) is 15.9. The normalized spacial score (nSPS) is 12.0. The maximum atomic E-state index is 12.2. The number of unbranched alkanes of at least 4 members (excludes halogenated alkanes) is 38. The molecule has 0 spiro atoms. The van der Waals surface area contributed by atoms with Crippen molar-refractivity contribution >= 4 is 11.9 Å². The van der Waals surface area contributed by atoms with Crippen molar-refractivity contribution in [2.45, 2.75) is 290 Å². The van der Waals surface area contributed by atoms with E-state index in [-0.39, 0.29) is 25.2 Å². The molecule has 1 N–H and O–H groups in total. The van der Waals surface area contributed by atoms with E-state index in [1.54, 1.807) is 0 Å². The van der Waals surface area contributed by atoms with Gasteiger partial charge < -0.3 is 14.6 Å². The number of carbonyl (C=O) groups excluding carboxylic acids is 2. The Morgan fingerprint density at radius 1 is 0.352 bits per heavy atom. The summed E-state index contributed by atoms with van der Waals surface area (Å²) in [5, 5.41) is 9.61. The Morgan fingerprint density at radius 3 is 0.815 bits per heavy atom. The smallest absolute Gasteiger partial charge is 0.306 e. The zero-order valence-electron chi connectivity index (χ0n) is 36.8. The lowest BCUT2D eigenvalue weighted by atomic mass is 10.0. The number of esters is 2. The predicted molar refractivity (Wildman–Crippen MR) is 233 cm³/mol. The maximum absolute atomic E-state index is 12.2. The van der Waals surface area contributed by atoms with Crippen LogP contribution in [0.5, 0.6) is 0 Å². The van der Waals surface area contributed by atoms with Gasteiger partial charge in [0, 0.05) is 12.8 Å². The summed E-state index contributed by atoms with van der Waals surface area (Å²) >= 11 is 0.